The van der Waals surface area contributed by atoms with Gasteiger partial charge in [0.05, 0.1) is 0 Å². The summed E-state index contributed by atoms with van der Waals surface area (Å²) < 4.78 is 5.72. The molecular weight excluding hydrogens is 248 g/mol. The second-order valence-corrected chi connectivity index (χ2v) is 6.92. The van der Waals surface area contributed by atoms with Crippen molar-refractivity contribution in [2.75, 3.05) is 0 Å². The molecule has 1 saturated heterocycles. The van der Waals surface area contributed by atoms with E-state index in [1.807, 2.05) is 23.9 Å². The number of ether oxygens (including phenoxy) is 1. The SMILES string of the molecule is CC(C)(Oc1cccc2c1CC1SC1C2)C(=O)O. The Morgan fingerprint density at radius 3 is 2.83 bits per heavy atom. The third-order valence-corrected chi connectivity index (χ3v) is 5.00. The van der Waals surface area contributed by atoms with Crippen molar-refractivity contribution in [3.63, 3.8) is 0 Å². The molecule has 1 N–H and O–H groups in total. The van der Waals surface area contributed by atoms with Gasteiger partial charge in [0.1, 0.15) is 5.75 Å². The number of carboxylic acid groups (broad SMARTS) is 1. The summed E-state index contributed by atoms with van der Waals surface area (Å²) in [6.07, 6.45) is 2.10. The summed E-state index contributed by atoms with van der Waals surface area (Å²) in [5.74, 6) is -0.194. The van der Waals surface area contributed by atoms with Crippen molar-refractivity contribution in [3.05, 3.63) is 29.3 Å². The van der Waals surface area contributed by atoms with Crippen LogP contribution < -0.4 is 4.74 Å². The number of thioether (sulfide) groups is 1. The number of hydrogen-bond donors (Lipinski definition) is 1. The minimum atomic E-state index is -1.18. The van der Waals surface area contributed by atoms with Crippen LogP contribution in [0.3, 0.4) is 0 Å². The molecule has 18 heavy (non-hydrogen) atoms. The molecule has 2 unspecified atom stereocenters. The zero-order valence-electron chi connectivity index (χ0n) is 10.5. The molecule has 0 bridgehead atoms. The maximum atomic E-state index is 11.1. The Bertz CT molecular complexity index is 510. The highest BCUT2D eigenvalue weighted by molar-refractivity contribution is 8.07. The molecule has 1 aliphatic carbocycles. The van der Waals surface area contributed by atoms with Crippen molar-refractivity contribution in [3.8, 4) is 5.75 Å². The van der Waals surface area contributed by atoms with Gasteiger partial charge in [-0.05, 0) is 43.9 Å². The first kappa shape index (κ1) is 11.9. The van der Waals surface area contributed by atoms with Crippen molar-refractivity contribution in [2.45, 2.75) is 42.8 Å². The Kier molecular flexibility index (Phi) is 2.59. The number of benzene rings is 1. The molecule has 0 spiro atoms. The summed E-state index contributed by atoms with van der Waals surface area (Å²) in [7, 11) is 0. The maximum Gasteiger partial charge on any atom is 0.347 e. The van der Waals surface area contributed by atoms with E-state index >= 15 is 0 Å². The number of fused-ring (bicyclic) bond motifs is 2. The van der Waals surface area contributed by atoms with E-state index in [1.165, 1.54) is 11.1 Å². The van der Waals surface area contributed by atoms with E-state index in [9.17, 15) is 4.79 Å². The monoisotopic (exact) mass is 264 g/mol. The Morgan fingerprint density at radius 1 is 1.39 bits per heavy atom. The number of carboxylic acids is 1. The van der Waals surface area contributed by atoms with Crippen LogP contribution in [-0.2, 0) is 17.6 Å². The fourth-order valence-corrected chi connectivity index (χ4v) is 3.49. The molecule has 0 aromatic heterocycles. The summed E-state index contributed by atoms with van der Waals surface area (Å²) in [6, 6.07) is 5.97. The molecular formula is C14H16O3S. The Hall–Kier alpha value is -1.16. The standard InChI is InChI=1S/C14H16O3S/c1-14(2,13(15)16)17-10-5-3-4-8-6-11-12(18-11)7-9(8)10/h3-5,11-12H,6-7H2,1-2H3,(H,15,16). The van der Waals surface area contributed by atoms with E-state index in [2.05, 4.69) is 6.07 Å². The van der Waals surface area contributed by atoms with E-state index in [0.717, 1.165) is 29.1 Å². The van der Waals surface area contributed by atoms with E-state index in [1.54, 1.807) is 13.8 Å². The Balaban J connectivity index is 1.91. The molecule has 3 nitrogen and oxygen atoms in total. The van der Waals surface area contributed by atoms with Crippen LogP contribution in [0, 0.1) is 0 Å². The minimum absolute atomic E-state index is 0.718. The van der Waals surface area contributed by atoms with Crippen molar-refractivity contribution < 1.29 is 14.6 Å². The van der Waals surface area contributed by atoms with Crippen LogP contribution in [0.1, 0.15) is 25.0 Å². The molecule has 0 amide bonds. The van der Waals surface area contributed by atoms with Crippen LogP contribution in [0.15, 0.2) is 18.2 Å². The lowest BCUT2D eigenvalue weighted by molar-refractivity contribution is -0.152. The molecule has 4 heteroatoms. The van der Waals surface area contributed by atoms with Gasteiger partial charge in [0.15, 0.2) is 5.60 Å². The predicted octanol–water partition coefficient (Wildman–Crippen LogP) is 2.51. The first-order chi connectivity index (χ1) is 8.47. The summed E-state index contributed by atoms with van der Waals surface area (Å²) in [6.45, 7) is 3.18. The van der Waals surface area contributed by atoms with Crippen molar-refractivity contribution >= 4 is 17.7 Å². The lowest BCUT2D eigenvalue weighted by Crippen LogP contribution is -2.38. The fraction of sp³-hybridized carbons (Fsp3) is 0.500. The van der Waals surface area contributed by atoms with Gasteiger partial charge in [-0.1, -0.05) is 12.1 Å². The van der Waals surface area contributed by atoms with Gasteiger partial charge in [-0.2, -0.15) is 11.8 Å². The van der Waals surface area contributed by atoms with Gasteiger partial charge in [0, 0.05) is 10.5 Å². The van der Waals surface area contributed by atoms with Gasteiger partial charge >= 0.3 is 5.97 Å². The third kappa shape index (κ3) is 1.99. The van der Waals surface area contributed by atoms with E-state index in [-0.39, 0.29) is 0 Å². The number of aliphatic carboxylic acids is 1. The summed E-state index contributed by atoms with van der Waals surface area (Å²) in [5.41, 5.74) is 1.35. The average molecular weight is 264 g/mol. The highest BCUT2D eigenvalue weighted by Crippen LogP contribution is 2.51. The van der Waals surface area contributed by atoms with Gasteiger partial charge in [0.2, 0.25) is 0 Å². The first-order valence-electron chi connectivity index (χ1n) is 6.16. The number of carbonyl (C=O) groups is 1. The van der Waals surface area contributed by atoms with Crippen LogP contribution in [0.4, 0.5) is 0 Å². The van der Waals surface area contributed by atoms with Crippen LogP contribution in [-0.4, -0.2) is 27.2 Å². The quantitative estimate of drug-likeness (QED) is 0.852. The Morgan fingerprint density at radius 2 is 2.11 bits per heavy atom. The minimum Gasteiger partial charge on any atom is -0.478 e. The lowest BCUT2D eigenvalue weighted by atomic mass is 9.91. The molecule has 96 valence electrons. The normalized spacial score (nSPS) is 25.0. The topological polar surface area (TPSA) is 46.5 Å². The van der Waals surface area contributed by atoms with E-state index < -0.39 is 11.6 Å². The highest BCUT2D eigenvalue weighted by atomic mass is 32.2. The van der Waals surface area contributed by atoms with Crippen LogP contribution in [0.25, 0.3) is 0 Å². The van der Waals surface area contributed by atoms with Crippen molar-refractivity contribution in [1.82, 2.24) is 0 Å². The van der Waals surface area contributed by atoms with E-state index in [4.69, 9.17) is 9.84 Å². The van der Waals surface area contributed by atoms with E-state index in [0.29, 0.717) is 0 Å². The van der Waals surface area contributed by atoms with Gasteiger partial charge in [0.25, 0.3) is 0 Å². The molecule has 0 saturated carbocycles. The average Bonchev–Trinajstić information content (AvgIpc) is 3.04. The second kappa shape index (κ2) is 3.92. The summed E-state index contributed by atoms with van der Waals surface area (Å²) in [4.78, 5) is 11.1. The predicted molar refractivity (Wildman–Crippen MR) is 71.4 cm³/mol. The van der Waals surface area contributed by atoms with Crippen LogP contribution in [0.2, 0.25) is 0 Å². The van der Waals surface area contributed by atoms with Gasteiger partial charge in [-0.25, -0.2) is 4.79 Å². The lowest BCUT2D eigenvalue weighted by Gasteiger charge is -2.25. The van der Waals surface area contributed by atoms with Gasteiger partial charge in [-0.3, -0.25) is 0 Å². The highest BCUT2D eigenvalue weighted by Gasteiger charge is 2.43. The largest absolute Gasteiger partial charge is 0.478 e. The van der Waals surface area contributed by atoms with Gasteiger partial charge in [-0.15, -0.1) is 0 Å². The van der Waals surface area contributed by atoms with Crippen molar-refractivity contribution in [1.29, 1.82) is 0 Å². The fourth-order valence-electron chi connectivity index (χ4n) is 2.40. The van der Waals surface area contributed by atoms with Crippen molar-refractivity contribution in [2.24, 2.45) is 0 Å². The maximum absolute atomic E-state index is 11.1. The van der Waals surface area contributed by atoms with Crippen LogP contribution >= 0.6 is 11.8 Å². The molecule has 1 heterocycles. The molecule has 1 aliphatic heterocycles. The summed E-state index contributed by atoms with van der Waals surface area (Å²) in [5, 5.41) is 10.6. The molecule has 0 radical (unpaired) electrons. The molecule has 1 aromatic rings. The molecule has 2 aliphatic rings. The third-order valence-electron chi connectivity index (χ3n) is 3.62. The Labute approximate surface area is 111 Å². The molecule has 1 fully saturated rings. The number of rotatable bonds is 3. The molecule has 2 atom stereocenters. The second-order valence-electron chi connectivity index (χ2n) is 5.43. The zero-order valence-corrected chi connectivity index (χ0v) is 11.3. The summed E-state index contributed by atoms with van der Waals surface area (Å²) >= 11 is 2.02. The van der Waals surface area contributed by atoms with Gasteiger partial charge < -0.3 is 9.84 Å². The molecule has 3 rings (SSSR count). The first-order valence-corrected chi connectivity index (χ1v) is 7.10. The zero-order chi connectivity index (χ0) is 12.9. The van der Waals surface area contributed by atoms with Crippen LogP contribution in [0.5, 0.6) is 5.75 Å². The smallest absolute Gasteiger partial charge is 0.347 e. The number of hydrogen-bond acceptors (Lipinski definition) is 3. The molecule has 1 aromatic carbocycles.